The van der Waals surface area contributed by atoms with Crippen LogP contribution in [0.4, 0.5) is 5.69 Å². The zero-order valence-corrected chi connectivity index (χ0v) is 14.8. The second kappa shape index (κ2) is 8.18. The van der Waals surface area contributed by atoms with Gasteiger partial charge in [0.05, 0.1) is 18.0 Å². The molecule has 2 rings (SSSR count). The largest absolute Gasteiger partial charge is 0.464 e. The number of rotatable bonds is 5. The maximum atomic E-state index is 13.0. The molecule has 4 nitrogen and oxygen atoms in total. The number of anilines is 1. The number of benzene rings is 2. The summed E-state index contributed by atoms with van der Waals surface area (Å²) >= 11 is 12.0. The van der Waals surface area contributed by atoms with Crippen molar-refractivity contribution in [3.63, 3.8) is 0 Å². The van der Waals surface area contributed by atoms with Crippen LogP contribution in [0, 0.1) is 0 Å². The van der Waals surface area contributed by atoms with Crippen LogP contribution in [0.1, 0.15) is 25.6 Å². The van der Waals surface area contributed by atoms with Gasteiger partial charge in [-0.3, -0.25) is 9.69 Å². The number of halogens is 2. The molecule has 0 aliphatic heterocycles. The molecule has 1 atom stereocenters. The minimum atomic E-state index is -0.936. The van der Waals surface area contributed by atoms with Gasteiger partial charge in [0.2, 0.25) is 0 Å². The Morgan fingerprint density at radius 1 is 1.17 bits per heavy atom. The van der Waals surface area contributed by atoms with E-state index in [1.165, 1.54) is 17.0 Å². The quantitative estimate of drug-likeness (QED) is 0.726. The summed E-state index contributed by atoms with van der Waals surface area (Å²) < 4.78 is 13.2. The van der Waals surface area contributed by atoms with Gasteiger partial charge in [0, 0.05) is 11.3 Å². The van der Waals surface area contributed by atoms with Crippen LogP contribution < -0.4 is 4.90 Å². The fourth-order valence-electron chi connectivity index (χ4n) is 2.16. The molecule has 6 heteroatoms. The van der Waals surface area contributed by atoms with Crippen LogP contribution in [-0.4, -0.2) is 24.5 Å². The van der Waals surface area contributed by atoms with Crippen molar-refractivity contribution in [3.05, 3.63) is 64.1 Å². The van der Waals surface area contributed by atoms with Crippen molar-refractivity contribution in [1.29, 1.82) is 0 Å². The third-order valence-electron chi connectivity index (χ3n) is 3.35. The highest BCUT2D eigenvalue weighted by Crippen LogP contribution is 2.29. The minimum Gasteiger partial charge on any atom is -0.464 e. The minimum absolute atomic E-state index is 0.0149. The number of hydrogen-bond acceptors (Lipinski definition) is 3. The maximum Gasteiger partial charge on any atom is 0.328 e. The molecule has 2 aromatic rings. The van der Waals surface area contributed by atoms with E-state index in [1.54, 1.807) is 44.2 Å². The molecule has 0 N–H and O–H groups in total. The molecule has 0 aromatic heterocycles. The molecule has 0 fully saturated rings. The van der Waals surface area contributed by atoms with Gasteiger partial charge in [0.25, 0.3) is 5.91 Å². The third-order valence-corrected chi connectivity index (χ3v) is 4.06. The predicted octanol–water partition coefficient (Wildman–Crippen LogP) is 4.59. The first-order valence-electron chi connectivity index (χ1n) is 7.88. The standard InChI is InChI=1S/C18H17Cl2NO3/c1-3-24-18(23)12(2)21(14-9-10-15(19)16(20)11-14)17(22)13-7-5-4-6-8-13/h4-12H,3H2,1-2H3/t12-/m0/s1/i11D. The summed E-state index contributed by atoms with van der Waals surface area (Å²) in [6.45, 7) is 3.41. The Morgan fingerprint density at radius 3 is 2.46 bits per heavy atom. The highest BCUT2D eigenvalue weighted by molar-refractivity contribution is 6.42. The van der Waals surface area contributed by atoms with Gasteiger partial charge in [-0.25, -0.2) is 4.79 Å². The van der Waals surface area contributed by atoms with E-state index in [1.807, 2.05) is 0 Å². The van der Waals surface area contributed by atoms with Gasteiger partial charge in [0.1, 0.15) is 6.04 Å². The predicted molar refractivity (Wildman–Crippen MR) is 95.8 cm³/mol. The van der Waals surface area contributed by atoms with E-state index in [0.29, 0.717) is 5.56 Å². The number of amides is 1. The molecule has 0 bridgehead atoms. The topological polar surface area (TPSA) is 46.6 Å². The van der Waals surface area contributed by atoms with Gasteiger partial charge in [-0.15, -0.1) is 0 Å². The summed E-state index contributed by atoms with van der Waals surface area (Å²) in [7, 11) is 0. The van der Waals surface area contributed by atoms with Gasteiger partial charge >= 0.3 is 5.97 Å². The first-order valence-corrected chi connectivity index (χ1v) is 8.13. The first-order chi connectivity index (χ1) is 11.9. The molecule has 1 amide bonds. The first kappa shape index (κ1) is 16.8. The van der Waals surface area contributed by atoms with Crippen LogP contribution in [0.3, 0.4) is 0 Å². The third kappa shape index (κ3) is 4.08. The van der Waals surface area contributed by atoms with Crippen LogP contribution in [0.15, 0.2) is 48.5 Å². The Labute approximate surface area is 152 Å². The molecule has 24 heavy (non-hydrogen) atoms. The monoisotopic (exact) mass is 366 g/mol. The van der Waals surface area contributed by atoms with E-state index in [-0.39, 0.29) is 28.4 Å². The number of nitrogens with zero attached hydrogens (tertiary/aromatic N) is 1. The van der Waals surface area contributed by atoms with Crippen molar-refractivity contribution in [3.8, 4) is 0 Å². The van der Waals surface area contributed by atoms with Crippen molar-refractivity contribution >= 4 is 40.8 Å². The van der Waals surface area contributed by atoms with Gasteiger partial charge in [-0.2, -0.15) is 0 Å². The number of carbonyl (C=O) groups is 2. The summed E-state index contributed by atoms with van der Waals surface area (Å²) in [6.07, 6.45) is 0. The average Bonchev–Trinajstić information content (AvgIpc) is 2.62. The van der Waals surface area contributed by atoms with E-state index < -0.39 is 17.9 Å². The molecule has 2 aromatic carbocycles. The molecular formula is C18H17Cl2NO3. The van der Waals surface area contributed by atoms with Crippen molar-refractivity contribution in [2.24, 2.45) is 0 Å². The summed E-state index contributed by atoms with van der Waals surface area (Å²) in [6, 6.07) is 10.4. The molecule has 0 saturated heterocycles. The lowest BCUT2D eigenvalue weighted by Gasteiger charge is -2.28. The van der Waals surface area contributed by atoms with Crippen molar-refractivity contribution in [1.82, 2.24) is 0 Å². The zero-order valence-electron chi connectivity index (χ0n) is 14.3. The summed E-state index contributed by atoms with van der Waals surface area (Å²) in [5.41, 5.74) is 0.563. The van der Waals surface area contributed by atoms with Crippen LogP contribution in [0.2, 0.25) is 10.0 Å². The van der Waals surface area contributed by atoms with Gasteiger partial charge < -0.3 is 4.74 Å². The van der Waals surface area contributed by atoms with Crippen LogP contribution in [0.25, 0.3) is 0 Å². The number of esters is 1. The molecule has 0 aliphatic carbocycles. The second-order valence-electron chi connectivity index (χ2n) is 4.97. The normalized spacial score (nSPS) is 12.2. The average molecular weight is 367 g/mol. The lowest BCUT2D eigenvalue weighted by atomic mass is 10.1. The molecule has 126 valence electrons. The molecule has 0 unspecified atom stereocenters. The fourth-order valence-corrected chi connectivity index (χ4v) is 2.43. The van der Waals surface area contributed by atoms with Gasteiger partial charge in [-0.1, -0.05) is 41.4 Å². The number of carbonyl (C=O) groups excluding carboxylic acids is 2. The van der Waals surface area contributed by atoms with E-state index in [2.05, 4.69) is 0 Å². The molecule has 0 radical (unpaired) electrons. The van der Waals surface area contributed by atoms with E-state index in [4.69, 9.17) is 29.3 Å². The van der Waals surface area contributed by atoms with Crippen LogP contribution >= 0.6 is 23.2 Å². The maximum absolute atomic E-state index is 13.0. The fraction of sp³-hybridized carbons (Fsp3) is 0.222. The SMILES string of the molecule is [2H]c1c(N(C(=O)c2ccccc2)[C@@H](C)C(=O)OCC)ccc(Cl)c1Cl. The Bertz CT molecular complexity index is 783. The molecule has 0 aliphatic rings. The van der Waals surface area contributed by atoms with Crippen molar-refractivity contribution in [2.45, 2.75) is 19.9 Å². The van der Waals surface area contributed by atoms with Crippen molar-refractivity contribution < 1.29 is 15.7 Å². The van der Waals surface area contributed by atoms with Gasteiger partial charge in [-0.05, 0) is 44.2 Å². The Hall–Kier alpha value is -2.04. The van der Waals surface area contributed by atoms with Crippen LogP contribution in [-0.2, 0) is 9.53 Å². The Morgan fingerprint density at radius 2 is 1.83 bits per heavy atom. The van der Waals surface area contributed by atoms with E-state index in [0.717, 1.165) is 0 Å². The molecule has 0 heterocycles. The highest BCUT2D eigenvalue weighted by atomic mass is 35.5. The molecular weight excluding hydrogens is 349 g/mol. The Balaban J connectivity index is 2.55. The van der Waals surface area contributed by atoms with Crippen LogP contribution in [0.5, 0.6) is 0 Å². The second-order valence-corrected chi connectivity index (χ2v) is 5.76. The van der Waals surface area contributed by atoms with E-state index >= 15 is 0 Å². The van der Waals surface area contributed by atoms with Crippen molar-refractivity contribution in [2.75, 3.05) is 11.5 Å². The smallest absolute Gasteiger partial charge is 0.328 e. The summed E-state index contributed by atoms with van der Waals surface area (Å²) in [4.78, 5) is 26.4. The summed E-state index contributed by atoms with van der Waals surface area (Å²) in [5, 5.41) is 0.215. The highest BCUT2D eigenvalue weighted by Gasteiger charge is 2.29. The summed E-state index contributed by atoms with van der Waals surface area (Å²) in [5.74, 6) is -1.01. The Kier molecular flexibility index (Phi) is 5.72. The van der Waals surface area contributed by atoms with Gasteiger partial charge in [0.15, 0.2) is 0 Å². The lowest BCUT2D eigenvalue weighted by Crippen LogP contribution is -2.44. The van der Waals surface area contributed by atoms with E-state index in [9.17, 15) is 9.59 Å². The zero-order chi connectivity index (χ0) is 18.6. The molecule has 0 saturated carbocycles. The number of ether oxygens (including phenoxy) is 1. The number of hydrogen-bond donors (Lipinski definition) is 0. The molecule has 0 spiro atoms. The lowest BCUT2D eigenvalue weighted by molar-refractivity contribution is -0.144.